The molecule has 0 radical (unpaired) electrons. The molecule has 4 heteroatoms. The van der Waals surface area contributed by atoms with Crippen molar-refractivity contribution in [2.45, 2.75) is 50.6 Å². The molecule has 4 N–H and O–H groups in total. The summed E-state index contributed by atoms with van der Waals surface area (Å²) >= 11 is 0. The number of nitrogens with one attached hydrogen (secondary N) is 2. The summed E-state index contributed by atoms with van der Waals surface area (Å²) in [5.74, 6) is 0.821. The number of anilines is 2. The van der Waals surface area contributed by atoms with Gasteiger partial charge in [-0.05, 0) is 43.7 Å². The molecule has 1 heterocycles. The monoisotopic (exact) mass is 273 g/mol. The number of nitrogen functional groups attached to an aromatic ring is 1. The minimum absolute atomic E-state index is 0.0481. The SMILES string of the molecule is Nc1ccccc1NC(=O)[C@@H]1CC[C@H]2CCCC[C@@H]2N1. The van der Waals surface area contributed by atoms with Crippen molar-refractivity contribution in [3.63, 3.8) is 0 Å². The van der Waals surface area contributed by atoms with Gasteiger partial charge in [0.25, 0.3) is 0 Å². The van der Waals surface area contributed by atoms with Gasteiger partial charge in [0.2, 0.25) is 5.91 Å². The van der Waals surface area contributed by atoms with E-state index in [0.29, 0.717) is 17.4 Å². The van der Waals surface area contributed by atoms with Crippen LogP contribution in [0.5, 0.6) is 0 Å². The van der Waals surface area contributed by atoms with Gasteiger partial charge in [-0.1, -0.05) is 25.0 Å². The molecule has 0 unspecified atom stereocenters. The minimum atomic E-state index is -0.0750. The maximum atomic E-state index is 12.4. The van der Waals surface area contributed by atoms with E-state index in [-0.39, 0.29) is 11.9 Å². The summed E-state index contributed by atoms with van der Waals surface area (Å²) < 4.78 is 0. The van der Waals surface area contributed by atoms with E-state index < -0.39 is 0 Å². The summed E-state index contributed by atoms with van der Waals surface area (Å²) in [6, 6.07) is 7.87. The smallest absolute Gasteiger partial charge is 0.241 e. The van der Waals surface area contributed by atoms with Crippen LogP contribution in [-0.2, 0) is 4.79 Å². The first-order chi connectivity index (χ1) is 9.74. The lowest BCUT2D eigenvalue weighted by Crippen LogP contribution is -2.53. The van der Waals surface area contributed by atoms with Gasteiger partial charge in [0, 0.05) is 6.04 Å². The van der Waals surface area contributed by atoms with Crippen molar-refractivity contribution in [1.29, 1.82) is 0 Å². The highest BCUT2D eigenvalue weighted by molar-refractivity contribution is 5.97. The standard InChI is InChI=1S/C16H23N3O/c17-12-6-2-4-8-14(12)19-16(20)15-10-9-11-5-1-3-7-13(11)18-15/h2,4,6,8,11,13,15,18H,1,3,5,7,9-10,17H2,(H,19,20)/t11-,13+,15+/m1/s1. The quantitative estimate of drug-likeness (QED) is 0.725. The fourth-order valence-electron chi connectivity index (χ4n) is 3.53. The third-order valence-electron chi connectivity index (χ3n) is 4.69. The Kier molecular flexibility index (Phi) is 3.92. The molecule has 3 rings (SSSR count). The maximum absolute atomic E-state index is 12.4. The summed E-state index contributed by atoms with van der Waals surface area (Å²) in [4.78, 5) is 12.4. The Morgan fingerprint density at radius 3 is 2.80 bits per heavy atom. The van der Waals surface area contributed by atoms with Crippen LogP contribution < -0.4 is 16.4 Å². The van der Waals surface area contributed by atoms with Gasteiger partial charge in [0.05, 0.1) is 17.4 Å². The van der Waals surface area contributed by atoms with Crippen LogP contribution in [0.1, 0.15) is 38.5 Å². The van der Waals surface area contributed by atoms with Gasteiger partial charge in [-0.25, -0.2) is 0 Å². The van der Waals surface area contributed by atoms with Gasteiger partial charge in [-0.2, -0.15) is 0 Å². The molecule has 1 aliphatic carbocycles. The molecule has 3 atom stereocenters. The van der Waals surface area contributed by atoms with Crippen molar-refractivity contribution < 1.29 is 4.79 Å². The van der Waals surface area contributed by atoms with Gasteiger partial charge >= 0.3 is 0 Å². The average molecular weight is 273 g/mol. The summed E-state index contributed by atoms with van der Waals surface area (Å²) in [6.07, 6.45) is 7.26. The molecule has 0 spiro atoms. The Morgan fingerprint density at radius 1 is 1.15 bits per heavy atom. The zero-order chi connectivity index (χ0) is 13.9. The average Bonchev–Trinajstić information content (AvgIpc) is 2.49. The highest BCUT2D eigenvalue weighted by Gasteiger charge is 2.34. The Hall–Kier alpha value is -1.55. The Labute approximate surface area is 120 Å². The van der Waals surface area contributed by atoms with Gasteiger partial charge in [-0.3, -0.25) is 4.79 Å². The summed E-state index contributed by atoms with van der Waals surface area (Å²) in [5, 5.41) is 6.49. The zero-order valence-corrected chi connectivity index (χ0v) is 11.8. The number of carbonyl (C=O) groups is 1. The second kappa shape index (κ2) is 5.83. The van der Waals surface area contributed by atoms with Crippen molar-refractivity contribution >= 4 is 17.3 Å². The van der Waals surface area contributed by atoms with E-state index in [9.17, 15) is 4.79 Å². The molecule has 1 aliphatic heterocycles. The lowest BCUT2D eigenvalue weighted by molar-refractivity contribution is -0.119. The highest BCUT2D eigenvalue weighted by atomic mass is 16.2. The number of benzene rings is 1. The Balaban J connectivity index is 1.62. The number of fused-ring (bicyclic) bond motifs is 1. The van der Waals surface area contributed by atoms with Crippen molar-refractivity contribution in [3.8, 4) is 0 Å². The third kappa shape index (κ3) is 2.80. The van der Waals surface area contributed by atoms with E-state index in [1.807, 2.05) is 18.2 Å². The summed E-state index contributed by atoms with van der Waals surface area (Å²) in [6.45, 7) is 0. The fraction of sp³-hybridized carbons (Fsp3) is 0.562. The molecule has 1 aromatic carbocycles. The lowest BCUT2D eigenvalue weighted by atomic mass is 9.77. The lowest BCUT2D eigenvalue weighted by Gasteiger charge is -2.39. The molecule has 2 fully saturated rings. The normalized spacial score (nSPS) is 29.5. The highest BCUT2D eigenvalue weighted by Crippen LogP contribution is 2.32. The number of amides is 1. The second-order valence-corrected chi connectivity index (χ2v) is 6.02. The van der Waals surface area contributed by atoms with Crippen LogP contribution in [0.3, 0.4) is 0 Å². The zero-order valence-electron chi connectivity index (χ0n) is 11.8. The van der Waals surface area contributed by atoms with Crippen LogP contribution in [0.25, 0.3) is 0 Å². The number of hydrogen-bond acceptors (Lipinski definition) is 3. The maximum Gasteiger partial charge on any atom is 0.241 e. The molecule has 1 saturated heterocycles. The third-order valence-corrected chi connectivity index (χ3v) is 4.69. The molecule has 2 aliphatic rings. The molecule has 1 saturated carbocycles. The fourth-order valence-corrected chi connectivity index (χ4v) is 3.53. The molecular weight excluding hydrogens is 250 g/mol. The molecule has 0 aromatic heterocycles. The number of hydrogen-bond donors (Lipinski definition) is 3. The summed E-state index contributed by atoms with van der Waals surface area (Å²) in [7, 11) is 0. The predicted octanol–water partition coefficient (Wildman–Crippen LogP) is 2.52. The van der Waals surface area contributed by atoms with Gasteiger partial charge in [0.1, 0.15) is 0 Å². The van der Waals surface area contributed by atoms with E-state index in [4.69, 9.17) is 5.73 Å². The van der Waals surface area contributed by atoms with Crippen molar-refractivity contribution in [1.82, 2.24) is 5.32 Å². The first kappa shape index (κ1) is 13.4. The molecule has 4 nitrogen and oxygen atoms in total. The minimum Gasteiger partial charge on any atom is -0.397 e. The van der Waals surface area contributed by atoms with Crippen LogP contribution in [0.15, 0.2) is 24.3 Å². The largest absolute Gasteiger partial charge is 0.397 e. The van der Waals surface area contributed by atoms with Gasteiger partial charge in [0.15, 0.2) is 0 Å². The number of para-hydroxylation sites is 2. The molecule has 108 valence electrons. The van der Waals surface area contributed by atoms with Crippen LogP contribution >= 0.6 is 0 Å². The van der Waals surface area contributed by atoms with Gasteiger partial charge in [-0.15, -0.1) is 0 Å². The molecular formula is C16H23N3O. The topological polar surface area (TPSA) is 67.1 Å². The predicted molar refractivity (Wildman–Crippen MR) is 81.4 cm³/mol. The van der Waals surface area contributed by atoms with Crippen LogP contribution in [0, 0.1) is 5.92 Å². The number of rotatable bonds is 2. The van der Waals surface area contributed by atoms with Gasteiger partial charge < -0.3 is 16.4 Å². The summed E-state index contributed by atoms with van der Waals surface area (Å²) in [5.41, 5.74) is 7.20. The van der Waals surface area contributed by atoms with Crippen LogP contribution in [0.4, 0.5) is 11.4 Å². The van der Waals surface area contributed by atoms with Crippen molar-refractivity contribution in [3.05, 3.63) is 24.3 Å². The first-order valence-corrected chi connectivity index (χ1v) is 7.65. The number of piperidine rings is 1. The first-order valence-electron chi connectivity index (χ1n) is 7.65. The van der Waals surface area contributed by atoms with Crippen LogP contribution in [0.2, 0.25) is 0 Å². The van der Waals surface area contributed by atoms with Crippen molar-refractivity contribution in [2.75, 3.05) is 11.1 Å². The van der Waals surface area contributed by atoms with E-state index in [1.54, 1.807) is 6.07 Å². The Bertz CT molecular complexity index is 488. The van der Waals surface area contributed by atoms with Crippen molar-refractivity contribution in [2.24, 2.45) is 5.92 Å². The van der Waals surface area contributed by atoms with E-state index in [0.717, 1.165) is 12.3 Å². The molecule has 1 amide bonds. The van der Waals surface area contributed by atoms with E-state index in [2.05, 4.69) is 10.6 Å². The van der Waals surface area contributed by atoms with Crippen LogP contribution in [-0.4, -0.2) is 18.0 Å². The number of carbonyl (C=O) groups excluding carboxylic acids is 1. The molecule has 20 heavy (non-hydrogen) atoms. The molecule has 1 aromatic rings. The molecule has 0 bridgehead atoms. The van der Waals surface area contributed by atoms with E-state index in [1.165, 1.54) is 32.1 Å². The van der Waals surface area contributed by atoms with E-state index >= 15 is 0 Å². The Morgan fingerprint density at radius 2 is 1.95 bits per heavy atom. The number of nitrogens with two attached hydrogens (primary N) is 1. The second-order valence-electron chi connectivity index (χ2n) is 6.02.